The Labute approximate surface area is 139 Å². The second-order valence-electron chi connectivity index (χ2n) is 6.34. The van der Waals surface area contributed by atoms with Gasteiger partial charge in [0.15, 0.2) is 11.4 Å². The number of ether oxygens (including phenoxy) is 1. The number of halogens is 2. The molecular weight excluding hydrogens is 316 g/mol. The quantitative estimate of drug-likeness (QED) is 0.759. The summed E-state index contributed by atoms with van der Waals surface area (Å²) < 4.78 is 33.2. The highest BCUT2D eigenvalue weighted by Crippen LogP contribution is 2.37. The van der Waals surface area contributed by atoms with Crippen LogP contribution in [0.25, 0.3) is 5.65 Å². The zero-order valence-electron chi connectivity index (χ0n) is 13.7. The van der Waals surface area contributed by atoms with Crippen LogP contribution in [0.3, 0.4) is 0 Å². The third kappa shape index (κ3) is 3.95. The average Bonchev–Trinajstić information content (AvgIpc) is 2.96. The van der Waals surface area contributed by atoms with Crippen molar-refractivity contribution in [3.8, 4) is 0 Å². The number of Topliss-reactive ketones (excluding diaryl/α,β-unsaturated/α-hetero) is 1. The zero-order chi connectivity index (χ0) is 17.2. The molecule has 3 rings (SSSR count). The number of nitrogens with zero attached hydrogens (tertiary/aromatic N) is 3. The van der Waals surface area contributed by atoms with E-state index >= 15 is 0 Å². The molecule has 1 aliphatic rings. The van der Waals surface area contributed by atoms with Gasteiger partial charge in [-0.25, -0.2) is 18.3 Å². The molecule has 0 aromatic carbocycles. The smallest absolute Gasteiger partial charge is 0.248 e. The van der Waals surface area contributed by atoms with Gasteiger partial charge >= 0.3 is 0 Å². The fourth-order valence-corrected chi connectivity index (χ4v) is 3.05. The number of aromatic nitrogens is 3. The maximum Gasteiger partial charge on any atom is 0.248 e. The Kier molecular flexibility index (Phi) is 4.89. The maximum atomic E-state index is 13.2. The van der Waals surface area contributed by atoms with Gasteiger partial charge in [0, 0.05) is 25.0 Å². The number of imidazole rings is 1. The van der Waals surface area contributed by atoms with Gasteiger partial charge in [0.1, 0.15) is 6.61 Å². The molecule has 0 spiro atoms. The Morgan fingerprint density at radius 2 is 2.17 bits per heavy atom. The van der Waals surface area contributed by atoms with Crippen LogP contribution >= 0.6 is 0 Å². The lowest BCUT2D eigenvalue weighted by Gasteiger charge is -2.27. The molecule has 1 saturated carbocycles. The average molecular weight is 337 g/mol. The van der Waals surface area contributed by atoms with Gasteiger partial charge < -0.3 is 4.74 Å². The molecule has 0 radical (unpaired) electrons. The van der Waals surface area contributed by atoms with Crippen LogP contribution in [0, 0.1) is 5.92 Å². The van der Waals surface area contributed by atoms with E-state index in [0.29, 0.717) is 37.1 Å². The summed E-state index contributed by atoms with van der Waals surface area (Å²) >= 11 is 0. The highest BCUT2D eigenvalue weighted by molar-refractivity contribution is 5.97. The SMILES string of the molecule is CCOCC(=O)c1cnn2cc(CC3CCC(F)(F)CC3)nc2c1. The van der Waals surface area contributed by atoms with E-state index < -0.39 is 5.92 Å². The van der Waals surface area contributed by atoms with Crippen molar-refractivity contribution in [3.05, 3.63) is 29.7 Å². The highest BCUT2D eigenvalue weighted by atomic mass is 19.3. The predicted octanol–water partition coefficient (Wildman–Crippen LogP) is 3.32. The number of hydrogen-bond donors (Lipinski definition) is 0. The number of rotatable bonds is 6. The molecule has 7 heteroatoms. The summed E-state index contributed by atoms with van der Waals surface area (Å²) in [5.41, 5.74) is 1.88. The number of hydrogen-bond acceptors (Lipinski definition) is 4. The molecule has 24 heavy (non-hydrogen) atoms. The second-order valence-corrected chi connectivity index (χ2v) is 6.34. The van der Waals surface area contributed by atoms with Crippen molar-refractivity contribution < 1.29 is 18.3 Å². The van der Waals surface area contributed by atoms with E-state index in [1.807, 2.05) is 6.92 Å². The molecule has 0 saturated heterocycles. The van der Waals surface area contributed by atoms with E-state index in [-0.39, 0.29) is 31.1 Å². The van der Waals surface area contributed by atoms with E-state index in [0.717, 1.165) is 5.69 Å². The highest BCUT2D eigenvalue weighted by Gasteiger charge is 2.35. The fraction of sp³-hybridized carbons (Fsp3) is 0.588. The largest absolute Gasteiger partial charge is 0.374 e. The van der Waals surface area contributed by atoms with Crippen LogP contribution in [0.4, 0.5) is 8.78 Å². The second kappa shape index (κ2) is 6.93. The summed E-state index contributed by atoms with van der Waals surface area (Å²) in [4.78, 5) is 16.4. The zero-order valence-corrected chi connectivity index (χ0v) is 13.7. The molecule has 0 atom stereocenters. The summed E-state index contributed by atoms with van der Waals surface area (Å²) in [6.07, 6.45) is 4.93. The summed E-state index contributed by atoms with van der Waals surface area (Å²) in [6.45, 7) is 2.34. The van der Waals surface area contributed by atoms with Crippen LogP contribution in [0.1, 0.15) is 48.7 Å². The number of carbonyl (C=O) groups is 1. The van der Waals surface area contributed by atoms with E-state index in [1.165, 1.54) is 6.20 Å². The van der Waals surface area contributed by atoms with Gasteiger partial charge in [-0.2, -0.15) is 5.10 Å². The van der Waals surface area contributed by atoms with Gasteiger partial charge in [-0.1, -0.05) is 0 Å². The molecule has 2 heterocycles. The summed E-state index contributed by atoms with van der Waals surface area (Å²) in [5.74, 6) is -2.41. The standard InChI is InChI=1S/C17H21F2N3O2/c1-2-24-11-15(23)13-8-16-21-14(10-22(16)20-9-13)7-12-3-5-17(18,19)6-4-12/h8-10,12H,2-7,11H2,1H3. The normalized spacial score (nSPS) is 18.1. The van der Waals surface area contributed by atoms with Gasteiger partial charge in [0.25, 0.3) is 0 Å². The van der Waals surface area contributed by atoms with Crippen LogP contribution in [-0.2, 0) is 11.2 Å². The van der Waals surface area contributed by atoms with Crippen molar-refractivity contribution in [2.75, 3.05) is 13.2 Å². The van der Waals surface area contributed by atoms with E-state index in [9.17, 15) is 13.6 Å². The summed E-state index contributed by atoms with van der Waals surface area (Å²) in [6, 6.07) is 1.69. The Morgan fingerprint density at radius 3 is 2.88 bits per heavy atom. The van der Waals surface area contributed by atoms with Gasteiger partial charge in [-0.3, -0.25) is 4.79 Å². The van der Waals surface area contributed by atoms with Crippen molar-refractivity contribution in [1.29, 1.82) is 0 Å². The lowest BCUT2D eigenvalue weighted by Crippen LogP contribution is -2.25. The monoisotopic (exact) mass is 337 g/mol. The minimum atomic E-state index is -2.51. The molecule has 0 unspecified atom stereocenters. The van der Waals surface area contributed by atoms with Crippen molar-refractivity contribution in [2.24, 2.45) is 5.92 Å². The van der Waals surface area contributed by atoms with E-state index in [4.69, 9.17) is 4.74 Å². The van der Waals surface area contributed by atoms with Gasteiger partial charge in [-0.05, 0) is 38.2 Å². The van der Waals surface area contributed by atoms with Crippen molar-refractivity contribution in [3.63, 3.8) is 0 Å². The van der Waals surface area contributed by atoms with Crippen LogP contribution < -0.4 is 0 Å². The number of ketones is 1. The van der Waals surface area contributed by atoms with E-state index in [2.05, 4.69) is 10.1 Å². The molecule has 0 amide bonds. The van der Waals surface area contributed by atoms with Crippen LogP contribution in [-0.4, -0.2) is 39.5 Å². The number of alkyl halides is 2. The minimum absolute atomic E-state index is 0.0260. The van der Waals surface area contributed by atoms with E-state index in [1.54, 1.807) is 16.8 Å². The van der Waals surface area contributed by atoms with Crippen LogP contribution in [0.5, 0.6) is 0 Å². The molecule has 130 valence electrons. The Balaban J connectivity index is 1.69. The molecule has 0 N–H and O–H groups in total. The third-order valence-corrected chi connectivity index (χ3v) is 4.46. The van der Waals surface area contributed by atoms with Gasteiger partial charge in [-0.15, -0.1) is 0 Å². The summed E-state index contributed by atoms with van der Waals surface area (Å²) in [5, 5.41) is 4.20. The maximum absolute atomic E-state index is 13.2. The van der Waals surface area contributed by atoms with Gasteiger partial charge in [0.2, 0.25) is 5.92 Å². The van der Waals surface area contributed by atoms with Crippen LogP contribution in [0.15, 0.2) is 18.5 Å². The molecule has 1 fully saturated rings. The molecule has 2 aromatic rings. The molecule has 0 bridgehead atoms. The minimum Gasteiger partial charge on any atom is -0.374 e. The van der Waals surface area contributed by atoms with Crippen molar-refractivity contribution in [1.82, 2.24) is 14.6 Å². The molecule has 2 aromatic heterocycles. The first-order valence-electron chi connectivity index (χ1n) is 8.30. The molecular formula is C17H21F2N3O2. The van der Waals surface area contributed by atoms with Crippen molar-refractivity contribution in [2.45, 2.75) is 45.0 Å². The molecule has 0 aliphatic heterocycles. The lowest BCUT2D eigenvalue weighted by atomic mass is 9.84. The first kappa shape index (κ1) is 17.0. The lowest BCUT2D eigenvalue weighted by molar-refractivity contribution is -0.0457. The predicted molar refractivity (Wildman–Crippen MR) is 84.4 cm³/mol. The molecule has 1 aliphatic carbocycles. The Hall–Kier alpha value is -1.89. The fourth-order valence-electron chi connectivity index (χ4n) is 3.05. The first-order chi connectivity index (χ1) is 11.5. The number of carbonyl (C=O) groups excluding carboxylic acids is 1. The summed E-state index contributed by atoms with van der Waals surface area (Å²) in [7, 11) is 0. The molecule has 5 nitrogen and oxygen atoms in total. The first-order valence-corrected chi connectivity index (χ1v) is 8.30. The topological polar surface area (TPSA) is 56.5 Å². The Morgan fingerprint density at radius 1 is 1.42 bits per heavy atom. The number of fused-ring (bicyclic) bond motifs is 1. The Bertz CT molecular complexity index is 720. The van der Waals surface area contributed by atoms with Gasteiger partial charge in [0.05, 0.1) is 18.1 Å². The van der Waals surface area contributed by atoms with Crippen molar-refractivity contribution >= 4 is 11.4 Å². The van der Waals surface area contributed by atoms with Crippen LogP contribution in [0.2, 0.25) is 0 Å². The third-order valence-electron chi connectivity index (χ3n) is 4.46.